The Morgan fingerprint density at radius 1 is 1.30 bits per heavy atom. The Morgan fingerprint density at radius 2 is 2.00 bits per heavy atom. The minimum atomic E-state index is -4.42. The monoisotopic (exact) mass is 287 g/mol. The van der Waals surface area contributed by atoms with Crippen LogP contribution in [0.5, 0.6) is 0 Å². The zero-order chi connectivity index (χ0) is 14.9. The number of hydrogen-bond donors (Lipinski definition) is 1. The zero-order valence-electron chi connectivity index (χ0n) is 11.7. The summed E-state index contributed by atoms with van der Waals surface area (Å²) in [5.74, 6) is 0.842. The number of pyridine rings is 1. The van der Waals surface area contributed by atoms with Gasteiger partial charge in [-0.15, -0.1) is 0 Å². The average molecular weight is 287 g/mol. The fourth-order valence-electron chi connectivity index (χ4n) is 2.63. The molecule has 0 aromatic carbocycles. The number of aromatic nitrogens is 1. The van der Waals surface area contributed by atoms with Gasteiger partial charge in [-0.2, -0.15) is 13.2 Å². The molecule has 6 heteroatoms. The number of halogens is 3. The van der Waals surface area contributed by atoms with Crippen molar-refractivity contribution >= 4 is 5.82 Å². The van der Waals surface area contributed by atoms with E-state index in [4.69, 9.17) is 5.73 Å². The van der Waals surface area contributed by atoms with Crippen LogP contribution in [0.15, 0.2) is 12.1 Å². The van der Waals surface area contributed by atoms with Gasteiger partial charge in [0.15, 0.2) is 0 Å². The summed E-state index contributed by atoms with van der Waals surface area (Å²) in [6, 6.07) is 2.63. The lowest BCUT2D eigenvalue weighted by Crippen LogP contribution is -2.42. The van der Waals surface area contributed by atoms with Crippen molar-refractivity contribution in [3.63, 3.8) is 0 Å². The minimum absolute atomic E-state index is 0.187. The van der Waals surface area contributed by atoms with Crippen LogP contribution in [0.2, 0.25) is 0 Å². The largest absolute Gasteiger partial charge is 0.433 e. The van der Waals surface area contributed by atoms with Crippen LogP contribution in [0.1, 0.15) is 37.9 Å². The Balaban J connectivity index is 2.42. The first-order chi connectivity index (χ1) is 9.32. The standard InChI is InChI=1S/C14H20F3N3/c1-9-3-4-10(2)20(8-9)13-11(7-18)5-6-12(19-13)14(15,16)17/h5-6,9-10H,3-4,7-8,18H2,1-2H3. The van der Waals surface area contributed by atoms with E-state index in [1.54, 1.807) is 0 Å². The van der Waals surface area contributed by atoms with Gasteiger partial charge in [0.25, 0.3) is 0 Å². The molecular weight excluding hydrogens is 267 g/mol. The number of piperidine rings is 1. The summed E-state index contributed by atoms with van der Waals surface area (Å²) in [5, 5.41) is 0. The van der Waals surface area contributed by atoms with Gasteiger partial charge in [-0.05, 0) is 31.7 Å². The third-order valence-electron chi connectivity index (χ3n) is 3.86. The van der Waals surface area contributed by atoms with Gasteiger partial charge in [0, 0.05) is 24.7 Å². The Morgan fingerprint density at radius 3 is 2.60 bits per heavy atom. The summed E-state index contributed by atoms with van der Waals surface area (Å²) in [4.78, 5) is 5.81. The molecule has 1 fully saturated rings. The fraction of sp³-hybridized carbons (Fsp3) is 0.643. The molecule has 0 saturated carbocycles. The summed E-state index contributed by atoms with van der Waals surface area (Å²) in [7, 11) is 0. The second kappa shape index (κ2) is 5.60. The van der Waals surface area contributed by atoms with Gasteiger partial charge in [-0.1, -0.05) is 13.0 Å². The van der Waals surface area contributed by atoms with Crippen LogP contribution < -0.4 is 10.6 Å². The molecule has 20 heavy (non-hydrogen) atoms. The van der Waals surface area contributed by atoms with Crippen LogP contribution in [0.3, 0.4) is 0 Å². The zero-order valence-corrected chi connectivity index (χ0v) is 11.7. The number of nitrogens with zero attached hydrogens (tertiary/aromatic N) is 2. The van der Waals surface area contributed by atoms with E-state index >= 15 is 0 Å². The summed E-state index contributed by atoms with van der Waals surface area (Å²) in [6.45, 7) is 5.04. The Labute approximate surface area is 117 Å². The molecule has 0 spiro atoms. The molecule has 1 aromatic rings. The predicted molar refractivity (Wildman–Crippen MR) is 72.3 cm³/mol. The van der Waals surface area contributed by atoms with Gasteiger partial charge in [-0.3, -0.25) is 0 Å². The predicted octanol–water partition coefficient (Wildman–Crippen LogP) is 3.18. The second-order valence-corrected chi connectivity index (χ2v) is 5.57. The molecule has 2 heterocycles. The molecule has 1 aliphatic heterocycles. The van der Waals surface area contributed by atoms with Crippen molar-refractivity contribution in [2.45, 2.75) is 45.5 Å². The highest BCUT2D eigenvalue weighted by Crippen LogP contribution is 2.33. The van der Waals surface area contributed by atoms with Crippen molar-refractivity contribution in [2.75, 3.05) is 11.4 Å². The van der Waals surface area contributed by atoms with Crippen molar-refractivity contribution in [1.29, 1.82) is 0 Å². The average Bonchev–Trinajstić information content (AvgIpc) is 2.40. The van der Waals surface area contributed by atoms with Crippen molar-refractivity contribution in [2.24, 2.45) is 11.7 Å². The van der Waals surface area contributed by atoms with Gasteiger partial charge >= 0.3 is 6.18 Å². The van der Waals surface area contributed by atoms with E-state index in [9.17, 15) is 13.2 Å². The molecule has 2 unspecified atom stereocenters. The normalized spacial score (nSPS) is 24.0. The number of nitrogens with two attached hydrogens (primary N) is 1. The molecule has 0 aliphatic carbocycles. The van der Waals surface area contributed by atoms with Gasteiger partial charge in [0.1, 0.15) is 11.5 Å². The van der Waals surface area contributed by atoms with Crippen molar-refractivity contribution < 1.29 is 13.2 Å². The van der Waals surface area contributed by atoms with Crippen LogP contribution in [0.25, 0.3) is 0 Å². The van der Waals surface area contributed by atoms with Gasteiger partial charge in [-0.25, -0.2) is 4.98 Å². The van der Waals surface area contributed by atoms with Crippen LogP contribution in [-0.2, 0) is 12.7 Å². The highest BCUT2D eigenvalue weighted by atomic mass is 19.4. The molecule has 0 amide bonds. The molecule has 0 bridgehead atoms. The second-order valence-electron chi connectivity index (χ2n) is 5.57. The first-order valence-electron chi connectivity index (χ1n) is 6.86. The van der Waals surface area contributed by atoms with Crippen molar-refractivity contribution in [1.82, 2.24) is 4.98 Å². The molecule has 3 nitrogen and oxygen atoms in total. The quantitative estimate of drug-likeness (QED) is 0.908. The molecule has 0 radical (unpaired) electrons. The Bertz CT molecular complexity index is 473. The van der Waals surface area contributed by atoms with Crippen LogP contribution >= 0.6 is 0 Å². The molecule has 1 aromatic heterocycles. The van der Waals surface area contributed by atoms with Crippen LogP contribution in [-0.4, -0.2) is 17.6 Å². The number of hydrogen-bond acceptors (Lipinski definition) is 3. The van der Waals surface area contributed by atoms with E-state index in [1.165, 1.54) is 6.07 Å². The third-order valence-corrected chi connectivity index (χ3v) is 3.86. The van der Waals surface area contributed by atoms with E-state index in [-0.39, 0.29) is 12.6 Å². The lowest BCUT2D eigenvalue weighted by Gasteiger charge is -2.38. The molecular formula is C14H20F3N3. The molecule has 112 valence electrons. The van der Waals surface area contributed by atoms with E-state index in [0.717, 1.165) is 25.5 Å². The summed E-state index contributed by atoms with van der Waals surface area (Å²) in [6.07, 6.45) is -2.37. The molecule has 2 N–H and O–H groups in total. The smallest absolute Gasteiger partial charge is 0.353 e. The van der Waals surface area contributed by atoms with Gasteiger partial charge in [0.2, 0.25) is 0 Å². The number of alkyl halides is 3. The molecule has 1 saturated heterocycles. The maximum absolute atomic E-state index is 12.8. The Kier molecular flexibility index (Phi) is 4.22. The van der Waals surface area contributed by atoms with Crippen LogP contribution in [0.4, 0.5) is 19.0 Å². The lowest BCUT2D eigenvalue weighted by atomic mass is 9.94. The SMILES string of the molecule is CC1CCC(C)N(c2nc(C(F)(F)F)ccc2CN)C1. The first kappa shape index (κ1) is 15.1. The maximum atomic E-state index is 12.8. The van der Waals surface area contributed by atoms with Gasteiger partial charge in [0.05, 0.1) is 0 Å². The van der Waals surface area contributed by atoms with E-state index in [1.807, 2.05) is 11.8 Å². The highest BCUT2D eigenvalue weighted by Gasteiger charge is 2.34. The lowest BCUT2D eigenvalue weighted by molar-refractivity contribution is -0.141. The first-order valence-corrected chi connectivity index (χ1v) is 6.86. The maximum Gasteiger partial charge on any atom is 0.433 e. The van der Waals surface area contributed by atoms with E-state index < -0.39 is 11.9 Å². The number of anilines is 1. The highest BCUT2D eigenvalue weighted by molar-refractivity contribution is 5.49. The fourth-order valence-corrected chi connectivity index (χ4v) is 2.63. The van der Waals surface area contributed by atoms with E-state index in [2.05, 4.69) is 11.9 Å². The van der Waals surface area contributed by atoms with Crippen LogP contribution in [0, 0.1) is 5.92 Å². The summed E-state index contributed by atoms with van der Waals surface area (Å²) >= 11 is 0. The number of rotatable bonds is 2. The molecule has 2 atom stereocenters. The van der Waals surface area contributed by atoms with Crippen molar-refractivity contribution in [3.8, 4) is 0 Å². The Hall–Kier alpha value is -1.30. The summed E-state index contributed by atoms with van der Waals surface area (Å²) in [5.41, 5.74) is 5.46. The van der Waals surface area contributed by atoms with E-state index in [0.29, 0.717) is 17.3 Å². The molecule has 1 aliphatic rings. The molecule has 2 rings (SSSR count). The minimum Gasteiger partial charge on any atom is -0.353 e. The summed E-state index contributed by atoms with van der Waals surface area (Å²) < 4.78 is 38.5. The van der Waals surface area contributed by atoms with Gasteiger partial charge < -0.3 is 10.6 Å². The van der Waals surface area contributed by atoms with Crippen molar-refractivity contribution in [3.05, 3.63) is 23.4 Å². The third kappa shape index (κ3) is 3.06. The topological polar surface area (TPSA) is 42.2 Å².